The Bertz CT molecular complexity index is 831. The summed E-state index contributed by atoms with van der Waals surface area (Å²) >= 11 is 5.74. The molecule has 2 heterocycles. The molecule has 0 amide bonds. The van der Waals surface area contributed by atoms with E-state index in [1.54, 1.807) is 29.2 Å². The number of nitrogens with zero attached hydrogens (tertiary/aromatic N) is 6. The van der Waals surface area contributed by atoms with Crippen LogP contribution < -0.4 is 0 Å². The monoisotopic (exact) mass is 302 g/mol. The molecule has 0 N–H and O–H groups in total. The van der Waals surface area contributed by atoms with Gasteiger partial charge in [-0.15, -0.1) is 5.10 Å². The molecule has 3 aromatic rings. The van der Waals surface area contributed by atoms with Crippen LogP contribution in [0.5, 0.6) is 0 Å². The minimum atomic E-state index is -0.488. The quantitative estimate of drug-likeness (QED) is 0.743. The molecule has 2 aromatic heterocycles. The average Bonchev–Trinajstić information content (AvgIpc) is 3.11. The maximum Gasteiger partial charge on any atom is 0.213 e. The lowest BCUT2D eigenvalue weighted by molar-refractivity contribution is 0.627. The highest BCUT2D eigenvalue weighted by Crippen LogP contribution is 2.18. The van der Waals surface area contributed by atoms with Gasteiger partial charge in [0.15, 0.2) is 0 Å². The Hall–Kier alpha value is -2.72. The van der Waals surface area contributed by atoms with Crippen molar-refractivity contribution in [1.29, 1.82) is 5.26 Å². The van der Waals surface area contributed by atoms with Gasteiger partial charge in [-0.05, 0) is 18.2 Å². The lowest BCUT2D eigenvalue weighted by Gasteiger charge is -2.01. The molecule has 0 saturated carbocycles. The van der Waals surface area contributed by atoms with Gasteiger partial charge in [0.2, 0.25) is 5.82 Å². The predicted molar refractivity (Wildman–Crippen MR) is 72.4 cm³/mol. The SMILES string of the molecule is N#Cc1nccn1Cc1cn(-c2ccc(F)c(Cl)c2)nn1. The minimum absolute atomic E-state index is 0.0194. The lowest BCUT2D eigenvalue weighted by Crippen LogP contribution is -2.01. The fourth-order valence-electron chi connectivity index (χ4n) is 1.85. The summed E-state index contributed by atoms with van der Waals surface area (Å²) in [6, 6.07) is 6.27. The van der Waals surface area contributed by atoms with E-state index in [0.717, 1.165) is 0 Å². The summed E-state index contributed by atoms with van der Waals surface area (Å²) in [4.78, 5) is 3.90. The lowest BCUT2D eigenvalue weighted by atomic mass is 10.3. The molecule has 1 aromatic carbocycles. The van der Waals surface area contributed by atoms with Gasteiger partial charge >= 0.3 is 0 Å². The van der Waals surface area contributed by atoms with Gasteiger partial charge in [-0.2, -0.15) is 5.26 Å². The van der Waals surface area contributed by atoms with Crippen molar-refractivity contribution in [2.75, 3.05) is 0 Å². The van der Waals surface area contributed by atoms with Crippen molar-refractivity contribution in [3.8, 4) is 11.8 Å². The fraction of sp³-hybridized carbons (Fsp3) is 0.0769. The van der Waals surface area contributed by atoms with E-state index in [4.69, 9.17) is 16.9 Å². The van der Waals surface area contributed by atoms with Crippen molar-refractivity contribution in [1.82, 2.24) is 24.5 Å². The molecule has 3 rings (SSSR count). The summed E-state index contributed by atoms with van der Waals surface area (Å²) in [6.45, 7) is 0.373. The van der Waals surface area contributed by atoms with E-state index in [9.17, 15) is 4.39 Å². The Labute approximate surface area is 124 Å². The van der Waals surface area contributed by atoms with Crippen LogP contribution >= 0.6 is 11.6 Å². The molecule has 8 heteroatoms. The third-order valence-corrected chi connectivity index (χ3v) is 3.15. The zero-order valence-corrected chi connectivity index (χ0v) is 11.4. The molecule has 6 nitrogen and oxygen atoms in total. The summed E-state index contributed by atoms with van der Waals surface area (Å²) < 4.78 is 16.3. The largest absolute Gasteiger partial charge is 0.317 e. The molecule has 0 spiro atoms. The van der Waals surface area contributed by atoms with Crippen LogP contribution in [-0.4, -0.2) is 24.5 Å². The van der Waals surface area contributed by atoms with Crippen LogP contribution in [0.2, 0.25) is 5.02 Å². The summed E-state index contributed by atoms with van der Waals surface area (Å²) in [6.07, 6.45) is 4.92. The molecule has 0 bridgehead atoms. The maximum absolute atomic E-state index is 13.1. The molecular formula is C13H8ClFN6. The van der Waals surface area contributed by atoms with Crippen molar-refractivity contribution in [2.24, 2.45) is 0 Å². The number of halogens is 2. The first-order valence-electron chi connectivity index (χ1n) is 5.95. The van der Waals surface area contributed by atoms with Crippen LogP contribution in [0.15, 0.2) is 36.8 Å². The number of nitriles is 1. The van der Waals surface area contributed by atoms with E-state index in [1.165, 1.54) is 16.8 Å². The summed E-state index contributed by atoms with van der Waals surface area (Å²) in [7, 11) is 0. The van der Waals surface area contributed by atoms with E-state index in [0.29, 0.717) is 23.8 Å². The first-order chi connectivity index (χ1) is 10.2. The molecule has 0 atom stereocenters. The Kier molecular flexibility index (Phi) is 3.38. The molecule has 0 fully saturated rings. The van der Waals surface area contributed by atoms with E-state index in [1.807, 2.05) is 6.07 Å². The van der Waals surface area contributed by atoms with Gasteiger partial charge in [0, 0.05) is 12.4 Å². The van der Waals surface area contributed by atoms with E-state index >= 15 is 0 Å². The second-order valence-electron chi connectivity index (χ2n) is 4.24. The van der Waals surface area contributed by atoms with Crippen LogP contribution in [-0.2, 0) is 6.54 Å². The van der Waals surface area contributed by atoms with Gasteiger partial charge < -0.3 is 4.57 Å². The fourth-order valence-corrected chi connectivity index (χ4v) is 2.02. The second kappa shape index (κ2) is 5.34. The van der Waals surface area contributed by atoms with Gasteiger partial charge in [0.1, 0.15) is 17.6 Å². The minimum Gasteiger partial charge on any atom is -0.317 e. The standard InChI is InChI=1S/C13H8ClFN6/c14-11-5-10(1-2-12(11)15)21-8-9(18-19-21)7-20-4-3-17-13(20)6-16/h1-5,8H,7H2. The van der Waals surface area contributed by atoms with Crippen LogP contribution in [0.3, 0.4) is 0 Å². The van der Waals surface area contributed by atoms with Crippen molar-refractivity contribution >= 4 is 11.6 Å². The van der Waals surface area contributed by atoms with Gasteiger partial charge in [-0.1, -0.05) is 16.8 Å². The third-order valence-electron chi connectivity index (χ3n) is 2.86. The van der Waals surface area contributed by atoms with Crippen LogP contribution in [0, 0.1) is 17.1 Å². The predicted octanol–water partition coefficient (Wildman–Crippen LogP) is 2.18. The first-order valence-corrected chi connectivity index (χ1v) is 6.33. The number of hydrogen-bond donors (Lipinski definition) is 0. The van der Waals surface area contributed by atoms with Gasteiger partial charge in [0.05, 0.1) is 23.5 Å². The molecule has 0 unspecified atom stereocenters. The molecule has 0 saturated heterocycles. The highest BCUT2D eigenvalue weighted by Gasteiger charge is 2.08. The first kappa shape index (κ1) is 13.3. The summed E-state index contributed by atoms with van der Waals surface area (Å²) in [5.41, 5.74) is 1.25. The zero-order chi connectivity index (χ0) is 14.8. The third kappa shape index (κ3) is 2.61. The van der Waals surface area contributed by atoms with E-state index in [-0.39, 0.29) is 5.02 Å². The van der Waals surface area contributed by atoms with E-state index in [2.05, 4.69) is 15.3 Å². The second-order valence-corrected chi connectivity index (χ2v) is 4.65. The molecule has 104 valence electrons. The van der Waals surface area contributed by atoms with Gasteiger partial charge in [-0.25, -0.2) is 14.1 Å². The van der Waals surface area contributed by atoms with Crippen molar-refractivity contribution in [2.45, 2.75) is 6.54 Å². The number of aromatic nitrogens is 5. The number of hydrogen-bond acceptors (Lipinski definition) is 4. The topological polar surface area (TPSA) is 72.3 Å². The average molecular weight is 303 g/mol. The Balaban J connectivity index is 1.86. The smallest absolute Gasteiger partial charge is 0.213 e. The molecule has 0 aliphatic heterocycles. The summed E-state index contributed by atoms with van der Waals surface area (Å²) in [5.74, 6) is -0.188. The zero-order valence-electron chi connectivity index (χ0n) is 10.6. The molecule has 0 radical (unpaired) electrons. The Morgan fingerprint density at radius 3 is 3.00 bits per heavy atom. The highest BCUT2D eigenvalue weighted by molar-refractivity contribution is 6.30. The number of rotatable bonds is 3. The molecule has 0 aliphatic rings. The highest BCUT2D eigenvalue weighted by atomic mass is 35.5. The van der Waals surface area contributed by atoms with Crippen LogP contribution in [0.1, 0.15) is 11.5 Å². The van der Waals surface area contributed by atoms with Crippen molar-refractivity contribution in [3.05, 3.63) is 59.1 Å². The van der Waals surface area contributed by atoms with Crippen molar-refractivity contribution < 1.29 is 4.39 Å². The van der Waals surface area contributed by atoms with E-state index < -0.39 is 5.82 Å². The van der Waals surface area contributed by atoms with Gasteiger partial charge in [0.25, 0.3) is 0 Å². The maximum atomic E-state index is 13.1. The van der Waals surface area contributed by atoms with Crippen LogP contribution in [0.25, 0.3) is 5.69 Å². The van der Waals surface area contributed by atoms with Gasteiger partial charge in [-0.3, -0.25) is 0 Å². The molecular weight excluding hydrogens is 295 g/mol. The van der Waals surface area contributed by atoms with Crippen molar-refractivity contribution in [3.63, 3.8) is 0 Å². The molecule has 0 aliphatic carbocycles. The Morgan fingerprint density at radius 2 is 2.24 bits per heavy atom. The summed E-state index contributed by atoms with van der Waals surface area (Å²) in [5, 5.41) is 16.9. The Morgan fingerprint density at radius 1 is 1.38 bits per heavy atom. The van der Waals surface area contributed by atoms with Crippen LogP contribution in [0.4, 0.5) is 4.39 Å². The number of imidazole rings is 1. The molecule has 21 heavy (non-hydrogen) atoms. The normalized spacial score (nSPS) is 10.5. The number of benzene rings is 1.